The molecule has 2 aromatic heterocycles. The van der Waals surface area contributed by atoms with Gasteiger partial charge in [-0.1, -0.05) is 11.6 Å². The van der Waals surface area contributed by atoms with E-state index in [0.717, 1.165) is 12.3 Å². The summed E-state index contributed by atoms with van der Waals surface area (Å²) in [5, 5.41) is 1.94. The minimum absolute atomic E-state index is 0.0908. The molecule has 3 rings (SSSR count). The van der Waals surface area contributed by atoms with Gasteiger partial charge in [-0.25, -0.2) is 9.97 Å². The van der Waals surface area contributed by atoms with Crippen molar-refractivity contribution < 1.29 is 32.2 Å². The molecule has 0 saturated carbocycles. The number of nitrogens with one attached hydrogen (secondary N) is 2. The largest absolute Gasteiger partial charge is 0.467 e. The first-order chi connectivity index (χ1) is 14.2. The SMILES string of the molecule is O=C(NNC(=O)c1csc(N2CCOCC2)n1)c1cnc(OCC(F)(F)F)c(Cl)c1. The van der Waals surface area contributed by atoms with Crippen LogP contribution in [-0.2, 0) is 4.74 Å². The zero-order valence-corrected chi connectivity index (χ0v) is 16.7. The normalized spacial score (nSPS) is 14.3. The summed E-state index contributed by atoms with van der Waals surface area (Å²) < 4.78 is 46.3. The lowest BCUT2D eigenvalue weighted by atomic mass is 10.3. The number of hydrogen-bond donors (Lipinski definition) is 2. The molecule has 2 aromatic rings. The number of thiazole rings is 1. The molecule has 2 N–H and O–H groups in total. The molecule has 1 fully saturated rings. The first kappa shape index (κ1) is 22.1. The number of carbonyl (C=O) groups excluding carboxylic acids is 2. The molecule has 1 aliphatic rings. The Bertz CT molecular complexity index is 921. The summed E-state index contributed by atoms with van der Waals surface area (Å²) in [6, 6.07) is 1.07. The Morgan fingerprint density at radius 1 is 1.27 bits per heavy atom. The standard InChI is InChI=1S/C16H15ClF3N5O4S/c17-10-5-9(6-21-14(10)29-8-16(18,19)20)12(26)23-24-13(27)11-7-30-15(22-11)25-1-3-28-4-2-25/h5-7H,1-4,8H2,(H,23,26)(H,24,27). The molecule has 162 valence electrons. The summed E-state index contributed by atoms with van der Waals surface area (Å²) in [4.78, 5) is 34.1. The number of carbonyl (C=O) groups is 2. The van der Waals surface area contributed by atoms with E-state index in [4.69, 9.17) is 16.3 Å². The van der Waals surface area contributed by atoms with E-state index < -0.39 is 30.5 Å². The van der Waals surface area contributed by atoms with Gasteiger partial charge in [0.25, 0.3) is 11.8 Å². The maximum absolute atomic E-state index is 12.2. The van der Waals surface area contributed by atoms with Crippen LogP contribution in [0.4, 0.5) is 18.3 Å². The molecule has 14 heteroatoms. The third-order valence-electron chi connectivity index (χ3n) is 3.74. The number of rotatable bonds is 5. The van der Waals surface area contributed by atoms with Gasteiger partial charge in [-0.15, -0.1) is 11.3 Å². The topological polar surface area (TPSA) is 106 Å². The monoisotopic (exact) mass is 465 g/mol. The molecule has 0 unspecified atom stereocenters. The van der Waals surface area contributed by atoms with Gasteiger partial charge in [0.05, 0.1) is 18.8 Å². The van der Waals surface area contributed by atoms with Gasteiger partial charge in [-0.2, -0.15) is 13.2 Å². The van der Waals surface area contributed by atoms with E-state index in [9.17, 15) is 22.8 Å². The van der Waals surface area contributed by atoms with Crippen LogP contribution in [0.25, 0.3) is 0 Å². The molecule has 9 nitrogen and oxygen atoms in total. The highest BCUT2D eigenvalue weighted by Crippen LogP contribution is 2.25. The number of anilines is 1. The Hall–Kier alpha value is -2.64. The van der Waals surface area contributed by atoms with Crippen LogP contribution in [0.2, 0.25) is 5.02 Å². The van der Waals surface area contributed by atoms with Crippen LogP contribution in [0.5, 0.6) is 5.88 Å². The second-order valence-electron chi connectivity index (χ2n) is 5.94. The van der Waals surface area contributed by atoms with Crippen LogP contribution >= 0.6 is 22.9 Å². The fraction of sp³-hybridized carbons (Fsp3) is 0.375. The molecule has 30 heavy (non-hydrogen) atoms. The van der Waals surface area contributed by atoms with E-state index in [1.54, 1.807) is 5.38 Å². The van der Waals surface area contributed by atoms with E-state index in [2.05, 4.69) is 25.6 Å². The van der Waals surface area contributed by atoms with Crippen LogP contribution in [-0.4, -0.2) is 60.9 Å². The number of aromatic nitrogens is 2. The lowest BCUT2D eigenvalue weighted by molar-refractivity contribution is -0.154. The molecule has 0 radical (unpaired) electrons. The summed E-state index contributed by atoms with van der Waals surface area (Å²) in [5.41, 5.74) is 4.39. The van der Waals surface area contributed by atoms with Crippen molar-refractivity contribution in [3.05, 3.63) is 33.9 Å². The third kappa shape index (κ3) is 5.93. The molecular weight excluding hydrogens is 451 g/mol. The van der Waals surface area contributed by atoms with E-state index in [-0.39, 0.29) is 16.3 Å². The molecular formula is C16H15ClF3N5O4S. The first-order valence-corrected chi connectivity index (χ1v) is 9.73. The number of alkyl halides is 3. The fourth-order valence-corrected chi connectivity index (χ4v) is 3.40. The van der Waals surface area contributed by atoms with Gasteiger partial charge in [0.2, 0.25) is 5.88 Å². The van der Waals surface area contributed by atoms with Gasteiger partial charge < -0.3 is 14.4 Å². The van der Waals surface area contributed by atoms with Gasteiger partial charge in [-0.05, 0) is 6.07 Å². The van der Waals surface area contributed by atoms with Crippen LogP contribution in [0, 0.1) is 0 Å². The Morgan fingerprint density at radius 3 is 2.63 bits per heavy atom. The molecule has 0 spiro atoms. The summed E-state index contributed by atoms with van der Waals surface area (Å²) in [6.07, 6.45) is -3.58. The van der Waals surface area contributed by atoms with E-state index in [0.29, 0.717) is 31.4 Å². The number of hydrazine groups is 1. The third-order valence-corrected chi connectivity index (χ3v) is 4.91. The van der Waals surface area contributed by atoms with Crippen molar-refractivity contribution in [1.29, 1.82) is 0 Å². The average molecular weight is 466 g/mol. The van der Waals surface area contributed by atoms with Crippen LogP contribution in [0.15, 0.2) is 17.6 Å². The Labute approximate surface area is 177 Å². The summed E-state index contributed by atoms with van der Waals surface area (Å²) in [7, 11) is 0. The van der Waals surface area contributed by atoms with Crippen molar-refractivity contribution in [3.8, 4) is 5.88 Å². The molecule has 1 saturated heterocycles. The molecule has 0 bridgehead atoms. The number of pyridine rings is 1. The molecule has 1 aliphatic heterocycles. The Morgan fingerprint density at radius 2 is 1.97 bits per heavy atom. The van der Waals surface area contributed by atoms with Gasteiger partial charge in [0, 0.05) is 24.7 Å². The maximum Gasteiger partial charge on any atom is 0.422 e. The lowest BCUT2D eigenvalue weighted by Gasteiger charge is -2.25. The van der Waals surface area contributed by atoms with Gasteiger partial charge in [-0.3, -0.25) is 20.4 Å². The molecule has 0 aliphatic carbocycles. The van der Waals surface area contributed by atoms with Crippen LogP contribution < -0.4 is 20.5 Å². The van der Waals surface area contributed by atoms with Crippen molar-refractivity contribution in [2.75, 3.05) is 37.8 Å². The maximum atomic E-state index is 12.2. The van der Waals surface area contributed by atoms with Crippen LogP contribution in [0.1, 0.15) is 20.8 Å². The van der Waals surface area contributed by atoms with Gasteiger partial charge in [0.15, 0.2) is 11.7 Å². The highest BCUT2D eigenvalue weighted by atomic mass is 35.5. The second kappa shape index (κ2) is 9.45. The minimum Gasteiger partial charge on any atom is -0.467 e. The highest BCUT2D eigenvalue weighted by Gasteiger charge is 2.29. The smallest absolute Gasteiger partial charge is 0.422 e. The lowest BCUT2D eigenvalue weighted by Crippen LogP contribution is -2.42. The quantitative estimate of drug-likeness (QED) is 0.651. The highest BCUT2D eigenvalue weighted by molar-refractivity contribution is 7.13. The molecule has 3 heterocycles. The number of ether oxygens (including phenoxy) is 2. The van der Waals surface area contributed by atoms with Gasteiger partial charge >= 0.3 is 6.18 Å². The molecule has 0 aromatic carbocycles. The van der Waals surface area contributed by atoms with E-state index in [1.165, 1.54) is 11.3 Å². The summed E-state index contributed by atoms with van der Waals surface area (Å²) >= 11 is 7.08. The van der Waals surface area contributed by atoms with Crippen LogP contribution in [0.3, 0.4) is 0 Å². The van der Waals surface area contributed by atoms with E-state index in [1.807, 2.05) is 4.90 Å². The number of halogens is 4. The summed E-state index contributed by atoms with van der Waals surface area (Å²) in [6.45, 7) is 0.923. The Balaban J connectivity index is 1.54. The number of amides is 2. The average Bonchev–Trinajstić information content (AvgIpc) is 3.21. The molecule has 0 atom stereocenters. The summed E-state index contributed by atoms with van der Waals surface area (Å²) in [5.74, 6) is -1.88. The number of hydrogen-bond acceptors (Lipinski definition) is 8. The van der Waals surface area contributed by atoms with Crippen molar-refractivity contribution >= 4 is 39.9 Å². The second-order valence-corrected chi connectivity index (χ2v) is 7.18. The van der Waals surface area contributed by atoms with Crippen molar-refractivity contribution in [3.63, 3.8) is 0 Å². The predicted molar refractivity (Wildman–Crippen MR) is 101 cm³/mol. The predicted octanol–water partition coefficient (Wildman–Crippen LogP) is 2.04. The number of morpholine rings is 1. The first-order valence-electron chi connectivity index (χ1n) is 8.47. The van der Waals surface area contributed by atoms with Crippen molar-refractivity contribution in [2.45, 2.75) is 6.18 Å². The van der Waals surface area contributed by atoms with Crippen molar-refractivity contribution in [1.82, 2.24) is 20.8 Å². The number of nitrogens with zero attached hydrogens (tertiary/aromatic N) is 3. The zero-order valence-electron chi connectivity index (χ0n) is 15.2. The molecule has 2 amide bonds. The van der Waals surface area contributed by atoms with E-state index >= 15 is 0 Å². The fourth-order valence-electron chi connectivity index (χ4n) is 2.32. The van der Waals surface area contributed by atoms with Crippen molar-refractivity contribution in [2.24, 2.45) is 0 Å². The Kier molecular flexibility index (Phi) is 6.95. The van der Waals surface area contributed by atoms with Gasteiger partial charge in [0.1, 0.15) is 10.7 Å². The minimum atomic E-state index is -4.55. The zero-order chi connectivity index (χ0) is 21.7.